The number of benzene rings is 5. The Kier molecular flexibility index (Phi) is 18.8. The van der Waals surface area contributed by atoms with Gasteiger partial charge in [0.05, 0.1) is 44.9 Å². The van der Waals surface area contributed by atoms with Gasteiger partial charge in [-0.3, -0.25) is 5.43 Å². The number of nitrogens with zero attached hydrogens (tertiary/aromatic N) is 6. The van der Waals surface area contributed by atoms with Gasteiger partial charge in [-0.2, -0.15) is 4.31 Å². The number of aromatic nitrogens is 2. The van der Waals surface area contributed by atoms with Crippen LogP contribution in [0, 0.1) is 0 Å². The number of imide groups is 1. The molecule has 25 nitrogen and oxygen atoms in total. The van der Waals surface area contributed by atoms with Crippen LogP contribution in [0.15, 0.2) is 118 Å². The molecule has 4 N–H and O–H groups in total. The number of anilines is 1. The standard InChI is InChI=1S/C61H76N10O15S2/c1-58(2,3)83-54(72)62-45-33-46(45)66-87(76,77)48-32-31-43(44-17-16-18-47-50(44)63-53(70(47)55(73)84-59(4,5)6)71(56(74)85-60(7,8)9)57(75)86-61(10,11)12)49(52-64-67-69(65-52)36-39-23-29-42(82-15)30-24-39)51(48)88(78,79)68(34-37-19-25-40(80-13)26-20-37)35-38-21-27-41(81-14)28-22-38/h16-32,45-46,66-67H,33-36H2,1-15H3,(H,62,72)(H,64,65)/t45-,46-/m1/s1. The van der Waals surface area contributed by atoms with E-state index in [0.29, 0.717) is 33.3 Å². The number of amidine groups is 1. The molecular weight excluding hydrogens is 1180 g/mol. The van der Waals surface area contributed by atoms with Crippen LogP contribution < -0.4 is 40.1 Å². The summed E-state index contributed by atoms with van der Waals surface area (Å²) in [6.07, 6.45) is -4.31. The molecule has 1 aliphatic heterocycles. The maximum absolute atomic E-state index is 16.7. The normalized spacial score (nSPS) is 15.6. The van der Waals surface area contributed by atoms with Crippen LogP contribution in [-0.2, 0) is 58.6 Å². The molecule has 0 unspecified atom stereocenters. The average Bonchev–Trinajstić information content (AvgIpc) is 1.25. The third-order valence-electron chi connectivity index (χ3n) is 13.0. The Morgan fingerprint density at radius 3 is 1.60 bits per heavy atom. The van der Waals surface area contributed by atoms with Crippen molar-refractivity contribution in [1.82, 2.24) is 40.0 Å². The summed E-state index contributed by atoms with van der Waals surface area (Å²) in [5.41, 5.74) is 2.86. The van der Waals surface area contributed by atoms with Crippen LogP contribution in [0.25, 0.3) is 22.2 Å². The molecule has 2 aliphatic rings. The maximum Gasteiger partial charge on any atom is 0.427 e. The average molecular weight is 1250 g/mol. The summed E-state index contributed by atoms with van der Waals surface area (Å²) in [6, 6.07) is 25.8. The van der Waals surface area contributed by atoms with Crippen LogP contribution in [0.5, 0.6) is 17.2 Å². The van der Waals surface area contributed by atoms with E-state index in [1.807, 2.05) is 0 Å². The molecule has 5 aromatic carbocycles. The molecule has 0 spiro atoms. The van der Waals surface area contributed by atoms with Gasteiger partial charge in [-0.15, -0.1) is 15.1 Å². The van der Waals surface area contributed by atoms with Gasteiger partial charge < -0.3 is 38.5 Å². The number of hydrogen-bond acceptors (Lipinski definition) is 20. The molecule has 27 heteroatoms. The van der Waals surface area contributed by atoms with Gasteiger partial charge in [-0.25, -0.2) is 55.8 Å². The zero-order valence-corrected chi connectivity index (χ0v) is 53.6. The lowest BCUT2D eigenvalue weighted by atomic mass is 9.97. The van der Waals surface area contributed by atoms with E-state index in [-0.39, 0.29) is 59.6 Å². The van der Waals surface area contributed by atoms with Crippen molar-refractivity contribution in [3.8, 4) is 28.4 Å². The third kappa shape index (κ3) is 16.0. The van der Waals surface area contributed by atoms with E-state index < -0.39 is 94.6 Å². The lowest BCUT2D eigenvalue weighted by molar-refractivity contribution is 0.0420. The minimum Gasteiger partial charge on any atom is -0.497 e. The number of para-hydroxylation sites is 1. The SMILES string of the molecule is COc1ccc(CN2NN=C(c3c(-c4cccc5c4nc(N(C(=O)OC(C)(C)C)C(=O)OC(C)(C)C)n5C(=O)OC(C)(C)C)ccc(S(=O)(=O)N[C@@H]4C[C@H]4NC(=O)OC(C)(C)C)c3S(=O)(=O)N(Cc3ccc(OC)cc3)Cc3ccc(OC)cc3)N2)cc1. The van der Waals surface area contributed by atoms with Gasteiger partial charge in [0.25, 0.3) is 0 Å². The molecule has 1 aliphatic carbocycles. The number of nitrogens with one attached hydrogen (secondary N) is 4. The van der Waals surface area contributed by atoms with E-state index in [2.05, 4.69) is 26.1 Å². The first-order valence-electron chi connectivity index (χ1n) is 28.0. The summed E-state index contributed by atoms with van der Waals surface area (Å²) >= 11 is 0. The fraction of sp³-hybridized carbons (Fsp3) is 0.410. The molecule has 3 amide bonds. The van der Waals surface area contributed by atoms with Crippen LogP contribution in [0.1, 0.15) is 112 Å². The van der Waals surface area contributed by atoms with Gasteiger partial charge in [0.15, 0.2) is 5.84 Å². The first-order chi connectivity index (χ1) is 41.1. The van der Waals surface area contributed by atoms with E-state index in [9.17, 15) is 19.2 Å². The zero-order chi connectivity index (χ0) is 64.5. The summed E-state index contributed by atoms with van der Waals surface area (Å²) in [6.45, 7) is 18.8. The second kappa shape index (κ2) is 25.3. The van der Waals surface area contributed by atoms with E-state index in [0.717, 1.165) is 20.5 Å². The minimum absolute atomic E-state index is 0.0336. The third-order valence-corrected chi connectivity index (χ3v) is 16.5. The molecule has 0 saturated heterocycles. The van der Waals surface area contributed by atoms with Crippen molar-refractivity contribution in [3.63, 3.8) is 0 Å². The van der Waals surface area contributed by atoms with Gasteiger partial charge in [-0.1, -0.05) is 54.6 Å². The first kappa shape index (κ1) is 65.5. The lowest BCUT2D eigenvalue weighted by Gasteiger charge is -2.28. The fourth-order valence-electron chi connectivity index (χ4n) is 9.10. The van der Waals surface area contributed by atoms with Crippen molar-refractivity contribution < 1.29 is 69.2 Å². The number of hydrazone groups is 1. The number of imidazole rings is 1. The number of hydrogen-bond donors (Lipinski definition) is 4. The zero-order valence-electron chi connectivity index (χ0n) is 51.9. The van der Waals surface area contributed by atoms with E-state index in [1.165, 1.54) is 50.7 Å². The number of hydrazine groups is 2. The Bertz CT molecular complexity index is 3770. The number of amides is 3. The number of methoxy groups -OCH3 is 3. The molecule has 1 fully saturated rings. The highest BCUT2D eigenvalue weighted by Gasteiger charge is 2.46. The number of rotatable bonds is 18. The minimum atomic E-state index is -5.20. The van der Waals surface area contributed by atoms with Gasteiger partial charge in [-0.05, 0) is 160 Å². The molecule has 1 aromatic heterocycles. The van der Waals surface area contributed by atoms with Crippen molar-refractivity contribution in [3.05, 3.63) is 125 Å². The molecule has 2 atom stereocenters. The number of alkyl carbamates (subject to hydrolysis) is 1. The highest BCUT2D eigenvalue weighted by molar-refractivity contribution is 7.92. The van der Waals surface area contributed by atoms with E-state index in [1.54, 1.807) is 156 Å². The lowest BCUT2D eigenvalue weighted by Crippen LogP contribution is -2.45. The first-order valence-corrected chi connectivity index (χ1v) is 31.0. The predicted molar refractivity (Wildman–Crippen MR) is 327 cm³/mol. The maximum atomic E-state index is 16.7. The van der Waals surface area contributed by atoms with Crippen molar-refractivity contribution in [2.75, 3.05) is 26.2 Å². The Hall–Kier alpha value is -8.50. The highest BCUT2D eigenvalue weighted by atomic mass is 32.2. The molecular formula is C61H76N10O15S2. The quantitative estimate of drug-likeness (QED) is 0.0582. The predicted octanol–water partition coefficient (Wildman–Crippen LogP) is 9.71. The van der Waals surface area contributed by atoms with Gasteiger partial charge in [0.1, 0.15) is 49.4 Å². The number of carbonyl (C=O) groups is 4. The molecule has 8 rings (SSSR count). The Morgan fingerprint density at radius 2 is 1.11 bits per heavy atom. The smallest absolute Gasteiger partial charge is 0.427 e. The molecule has 472 valence electrons. The van der Waals surface area contributed by atoms with Crippen LogP contribution in [0.3, 0.4) is 0 Å². The summed E-state index contributed by atoms with van der Waals surface area (Å²) in [5.74, 6) is 0.729. The largest absolute Gasteiger partial charge is 0.497 e. The summed E-state index contributed by atoms with van der Waals surface area (Å²) in [5, 5.41) is 8.80. The monoisotopic (exact) mass is 1250 g/mol. The second-order valence-corrected chi connectivity index (χ2v) is 28.4. The number of sulfonamides is 2. The van der Waals surface area contributed by atoms with Gasteiger partial charge >= 0.3 is 24.4 Å². The number of ether oxygens (including phenoxy) is 7. The summed E-state index contributed by atoms with van der Waals surface area (Å²) in [4.78, 5) is 60.5. The number of carbonyl (C=O) groups excluding carboxylic acids is 4. The van der Waals surface area contributed by atoms with Crippen LogP contribution >= 0.6 is 0 Å². The number of fused-ring (bicyclic) bond motifs is 1. The molecule has 0 radical (unpaired) electrons. The van der Waals surface area contributed by atoms with Gasteiger partial charge in [0.2, 0.25) is 26.0 Å². The van der Waals surface area contributed by atoms with Crippen molar-refractivity contribution in [1.29, 1.82) is 0 Å². The topological polar surface area (TPSA) is 289 Å². The van der Waals surface area contributed by atoms with Crippen LogP contribution in [0.4, 0.5) is 25.1 Å². The van der Waals surface area contributed by atoms with Crippen LogP contribution in [0.2, 0.25) is 0 Å². The molecule has 1 saturated carbocycles. The Morgan fingerprint density at radius 1 is 0.614 bits per heavy atom. The summed E-state index contributed by atoms with van der Waals surface area (Å²) < 4.78 is 108. The van der Waals surface area contributed by atoms with Crippen molar-refractivity contribution in [2.24, 2.45) is 5.10 Å². The van der Waals surface area contributed by atoms with E-state index in [4.69, 9.17) is 38.1 Å². The fourth-order valence-corrected chi connectivity index (χ4v) is 12.8. The van der Waals surface area contributed by atoms with Crippen molar-refractivity contribution >= 4 is 67.2 Å². The molecule has 88 heavy (non-hydrogen) atoms. The Balaban J connectivity index is 1.44. The molecule has 0 bridgehead atoms. The molecule has 6 aromatic rings. The van der Waals surface area contributed by atoms with E-state index >= 15 is 16.8 Å². The van der Waals surface area contributed by atoms with Gasteiger partial charge in [0, 0.05) is 30.3 Å². The second-order valence-electron chi connectivity index (χ2n) is 24.8. The van der Waals surface area contributed by atoms with Crippen LogP contribution in [-0.4, -0.2) is 122 Å². The summed E-state index contributed by atoms with van der Waals surface area (Å²) in [7, 11) is -5.65. The Labute approximate surface area is 512 Å². The molecule has 2 heterocycles. The highest BCUT2D eigenvalue weighted by Crippen LogP contribution is 2.42. The van der Waals surface area contributed by atoms with Crippen molar-refractivity contribution in [2.45, 2.75) is 153 Å².